The second-order valence-corrected chi connectivity index (χ2v) is 5.52. The van der Waals surface area contributed by atoms with Crippen molar-refractivity contribution in [1.29, 1.82) is 0 Å². The number of thiophene rings is 1. The molecule has 2 N–H and O–H groups in total. The van der Waals surface area contributed by atoms with E-state index < -0.39 is 0 Å². The lowest BCUT2D eigenvalue weighted by atomic mass is 10.2. The van der Waals surface area contributed by atoms with E-state index in [4.69, 9.17) is 5.11 Å². The maximum absolute atomic E-state index is 11.1. The second kappa shape index (κ2) is 8.24. The van der Waals surface area contributed by atoms with E-state index in [0.717, 1.165) is 24.3 Å². The van der Waals surface area contributed by atoms with Gasteiger partial charge in [-0.25, -0.2) is 0 Å². The average Bonchev–Trinajstić information content (AvgIpc) is 2.81. The molecule has 0 aliphatic carbocycles. The molecule has 5 heteroatoms. The minimum Gasteiger partial charge on any atom is -0.469 e. The van der Waals surface area contributed by atoms with E-state index in [2.05, 4.69) is 17.0 Å². The van der Waals surface area contributed by atoms with Crippen LogP contribution in [0.1, 0.15) is 29.5 Å². The first kappa shape index (κ1) is 15.1. The molecule has 1 aromatic rings. The molecule has 0 aromatic carbocycles. The van der Waals surface area contributed by atoms with E-state index in [1.165, 1.54) is 12.0 Å². The molecule has 0 aliphatic heterocycles. The number of methoxy groups -OCH3 is 1. The Morgan fingerprint density at radius 2 is 2.22 bits per heavy atom. The van der Waals surface area contributed by atoms with Gasteiger partial charge in [0, 0.05) is 28.9 Å². The Bertz CT molecular complexity index is 365. The summed E-state index contributed by atoms with van der Waals surface area (Å²) < 4.78 is 4.63. The summed E-state index contributed by atoms with van der Waals surface area (Å²) in [7, 11) is 1.40. The molecule has 0 amide bonds. The van der Waals surface area contributed by atoms with Gasteiger partial charge in [0.05, 0.1) is 13.5 Å². The zero-order chi connectivity index (χ0) is 13.4. The van der Waals surface area contributed by atoms with Crippen molar-refractivity contribution in [2.45, 2.75) is 38.8 Å². The summed E-state index contributed by atoms with van der Waals surface area (Å²) in [5, 5.41) is 12.1. The fraction of sp³-hybridized carbons (Fsp3) is 0.615. The van der Waals surface area contributed by atoms with Crippen molar-refractivity contribution in [3.63, 3.8) is 0 Å². The second-order valence-electron chi connectivity index (χ2n) is 4.27. The van der Waals surface area contributed by atoms with Gasteiger partial charge in [-0.3, -0.25) is 4.79 Å². The first-order valence-electron chi connectivity index (χ1n) is 6.14. The van der Waals surface area contributed by atoms with Gasteiger partial charge in [0.2, 0.25) is 0 Å². The first-order valence-corrected chi connectivity index (χ1v) is 6.96. The number of hydrogen-bond acceptors (Lipinski definition) is 5. The molecule has 0 spiro atoms. The highest BCUT2D eigenvalue weighted by Crippen LogP contribution is 2.17. The lowest BCUT2D eigenvalue weighted by molar-refractivity contribution is -0.139. The van der Waals surface area contributed by atoms with Gasteiger partial charge in [0.1, 0.15) is 0 Å². The van der Waals surface area contributed by atoms with E-state index in [9.17, 15) is 4.79 Å². The van der Waals surface area contributed by atoms with E-state index in [-0.39, 0.29) is 12.6 Å². The van der Waals surface area contributed by atoms with Gasteiger partial charge in [-0.15, -0.1) is 11.3 Å². The summed E-state index contributed by atoms with van der Waals surface area (Å²) in [5.41, 5.74) is 0. The van der Waals surface area contributed by atoms with Crippen LogP contribution < -0.4 is 5.32 Å². The highest BCUT2D eigenvalue weighted by molar-refractivity contribution is 7.12. The third kappa shape index (κ3) is 5.62. The smallest absolute Gasteiger partial charge is 0.310 e. The molecule has 102 valence electrons. The van der Waals surface area contributed by atoms with Crippen LogP contribution in [0.25, 0.3) is 0 Å². The van der Waals surface area contributed by atoms with Crippen molar-refractivity contribution < 1.29 is 14.6 Å². The number of carbonyl (C=O) groups is 1. The van der Waals surface area contributed by atoms with Gasteiger partial charge in [-0.2, -0.15) is 0 Å². The normalized spacial score (nSPS) is 12.4. The number of hydrogen-bond donors (Lipinski definition) is 2. The first-order chi connectivity index (χ1) is 8.65. The number of esters is 1. The lowest BCUT2D eigenvalue weighted by Crippen LogP contribution is -2.25. The average molecular weight is 271 g/mol. The van der Waals surface area contributed by atoms with E-state index in [0.29, 0.717) is 12.5 Å². The molecule has 1 heterocycles. The van der Waals surface area contributed by atoms with Crippen LogP contribution in [0.4, 0.5) is 0 Å². The number of aliphatic hydroxyl groups is 1. The Hall–Kier alpha value is -0.910. The van der Waals surface area contributed by atoms with Crippen LogP contribution in [0, 0.1) is 0 Å². The number of ether oxygens (including phenoxy) is 1. The SMILES string of the molecule is COC(=O)Cc1ccc(CNC(C)CCCO)s1. The van der Waals surface area contributed by atoms with E-state index in [1.807, 2.05) is 12.1 Å². The molecule has 0 saturated carbocycles. The molecule has 18 heavy (non-hydrogen) atoms. The zero-order valence-electron chi connectivity index (χ0n) is 10.9. The Labute approximate surface area is 112 Å². The van der Waals surface area contributed by atoms with Crippen LogP contribution in [-0.4, -0.2) is 30.8 Å². The summed E-state index contributed by atoms with van der Waals surface area (Å²) >= 11 is 1.63. The molecule has 1 rings (SSSR count). The van der Waals surface area contributed by atoms with Gasteiger partial charge in [-0.05, 0) is 31.9 Å². The van der Waals surface area contributed by atoms with Gasteiger partial charge < -0.3 is 15.2 Å². The van der Waals surface area contributed by atoms with Crippen LogP contribution in [-0.2, 0) is 22.5 Å². The quantitative estimate of drug-likeness (QED) is 0.707. The van der Waals surface area contributed by atoms with Crippen LogP contribution in [0.2, 0.25) is 0 Å². The van der Waals surface area contributed by atoms with Crippen LogP contribution in [0.15, 0.2) is 12.1 Å². The molecular weight excluding hydrogens is 250 g/mol. The molecule has 4 nitrogen and oxygen atoms in total. The Morgan fingerprint density at radius 1 is 1.50 bits per heavy atom. The number of aliphatic hydroxyl groups excluding tert-OH is 1. The van der Waals surface area contributed by atoms with Crippen molar-refractivity contribution in [3.05, 3.63) is 21.9 Å². The molecule has 1 aromatic heterocycles. The summed E-state index contributed by atoms with van der Waals surface area (Å²) in [6.07, 6.45) is 2.14. The Balaban J connectivity index is 2.32. The van der Waals surface area contributed by atoms with Crippen molar-refractivity contribution in [3.8, 4) is 0 Å². The summed E-state index contributed by atoms with van der Waals surface area (Å²) in [4.78, 5) is 13.4. The molecule has 0 radical (unpaired) electrons. The van der Waals surface area contributed by atoms with Crippen molar-refractivity contribution >= 4 is 17.3 Å². The molecule has 1 unspecified atom stereocenters. The summed E-state index contributed by atoms with van der Waals surface area (Å²) in [5.74, 6) is -0.201. The number of rotatable bonds is 8. The van der Waals surface area contributed by atoms with Crippen molar-refractivity contribution in [2.24, 2.45) is 0 Å². The maximum atomic E-state index is 11.1. The maximum Gasteiger partial charge on any atom is 0.310 e. The minimum absolute atomic E-state index is 0.201. The largest absolute Gasteiger partial charge is 0.469 e. The molecule has 1 atom stereocenters. The van der Waals surface area contributed by atoms with Crippen LogP contribution in [0.3, 0.4) is 0 Å². The monoisotopic (exact) mass is 271 g/mol. The molecular formula is C13H21NO3S. The van der Waals surface area contributed by atoms with Crippen molar-refractivity contribution in [2.75, 3.05) is 13.7 Å². The minimum atomic E-state index is -0.201. The zero-order valence-corrected chi connectivity index (χ0v) is 11.8. The fourth-order valence-electron chi connectivity index (χ4n) is 1.60. The highest BCUT2D eigenvalue weighted by Gasteiger charge is 2.07. The summed E-state index contributed by atoms with van der Waals surface area (Å²) in [6, 6.07) is 4.40. The highest BCUT2D eigenvalue weighted by atomic mass is 32.1. The molecule has 0 saturated heterocycles. The van der Waals surface area contributed by atoms with Gasteiger partial charge in [0.25, 0.3) is 0 Å². The van der Waals surface area contributed by atoms with E-state index >= 15 is 0 Å². The number of nitrogens with one attached hydrogen (secondary N) is 1. The van der Waals surface area contributed by atoms with Gasteiger partial charge in [-0.1, -0.05) is 0 Å². The molecule has 0 aliphatic rings. The van der Waals surface area contributed by atoms with Gasteiger partial charge in [0.15, 0.2) is 0 Å². The van der Waals surface area contributed by atoms with Crippen LogP contribution in [0.5, 0.6) is 0 Å². The lowest BCUT2D eigenvalue weighted by Gasteiger charge is -2.11. The van der Waals surface area contributed by atoms with Crippen LogP contribution >= 0.6 is 11.3 Å². The fourth-order valence-corrected chi connectivity index (χ4v) is 2.56. The van der Waals surface area contributed by atoms with Crippen molar-refractivity contribution in [1.82, 2.24) is 5.32 Å². The third-order valence-electron chi connectivity index (χ3n) is 2.68. The topological polar surface area (TPSA) is 58.6 Å². The third-order valence-corrected chi connectivity index (χ3v) is 3.77. The Morgan fingerprint density at radius 3 is 2.89 bits per heavy atom. The van der Waals surface area contributed by atoms with E-state index in [1.54, 1.807) is 11.3 Å². The predicted molar refractivity (Wildman–Crippen MR) is 72.7 cm³/mol. The predicted octanol–water partition coefficient (Wildman–Crippen LogP) is 1.71. The standard InChI is InChI=1S/C13H21NO3S/c1-10(4-3-7-15)14-9-12-6-5-11(18-12)8-13(16)17-2/h5-6,10,14-15H,3-4,7-9H2,1-2H3. The summed E-state index contributed by atoms with van der Waals surface area (Å²) in [6.45, 7) is 3.16. The molecule has 0 bridgehead atoms. The molecule has 0 fully saturated rings. The Kier molecular flexibility index (Phi) is 6.93. The number of carbonyl (C=O) groups excluding carboxylic acids is 1. The van der Waals surface area contributed by atoms with Gasteiger partial charge >= 0.3 is 5.97 Å².